The molecule has 0 saturated heterocycles. The zero-order valence-electron chi connectivity index (χ0n) is 20.7. The van der Waals surface area contributed by atoms with E-state index in [1.165, 1.54) is 11.1 Å². The molecular weight excluding hydrogens is 444 g/mol. The van der Waals surface area contributed by atoms with Crippen LogP contribution in [-0.2, 0) is 13.0 Å². The summed E-state index contributed by atoms with van der Waals surface area (Å²) >= 11 is 0. The summed E-state index contributed by atoms with van der Waals surface area (Å²) in [6.07, 6.45) is 1.76. The van der Waals surface area contributed by atoms with Crippen LogP contribution in [0.2, 0.25) is 0 Å². The van der Waals surface area contributed by atoms with E-state index in [-0.39, 0.29) is 6.04 Å². The van der Waals surface area contributed by atoms with Gasteiger partial charge in [-0.15, -0.1) is 0 Å². The molecule has 1 unspecified atom stereocenters. The molecule has 0 fully saturated rings. The van der Waals surface area contributed by atoms with E-state index in [1.54, 1.807) is 21.3 Å². The van der Waals surface area contributed by atoms with Crippen LogP contribution in [0.25, 0.3) is 0 Å². The van der Waals surface area contributed by atoms with Gasteiger partial charge in [-0.25, -0.2) is 5.43 Å². The number of hydrogen-bond donors (Lipinski definition) is 2. The minimum atomic E-state index is 0.243. The smallest absolute Gasteiger partial charge is 0.226 e. The van der Waals surface area contributed by atoms with E-state index in [1.807, 2.05) is 36.3 Å². The van der Waals surface area contributed by atoms with Gasteiger partial charge >= 0.3 is 0 Å². The summed E-state index contributed by atoms with van der Waals surface area (Å²) in [6, 6.07) is 14.4. The molecule has 0 saturated carbocycles. The Morgan fingerprint density at radius 1 is 1.00 bits per heavy atom. The number of rotatable bonds is 9. The normalized spacial score (nSPS) is 16.2. The van der Waals surface area contributed by atoms with Crippen molar-refractivity contribution < 1.29 is 14.2 Å². The molecule has 0 aliphatic carbocycles. The average molecular weight is 477 g/mol. The van der Waals surface area contributed by atoms with Crippen molar-refractivity contribution in [3.63, 3.8) is 0 Å². The number of aromatic nitrogens is 2. The van der Waals surface area contributed by atoms with Gasteiger partial charge in [0.05, 0.1) is 32.9 Å². The molecule has 2 aliphatic heterocycles. The van der Waals surface area contributed by atoms with E-state index in [9.17, 15) is 0 Å². The van der Waals surface area contributed by atoms with Crippen LogP contribution < -0.4 is 34.9 Å². The molecule has 0 amide bonds. The highest BCUT2D eigenvalue weighted by Crippen LogP contribution is 2.43. The standard InChI is InChI=1S/C26H32N6O3/c1-31-24-22-20(30-31)13-15-32(16-17-8-10-19(33-2)11-9-17)25(22)29-26(28-24)27-14-12-18-6-5-7-21(34-3)23(18)35-4/h5-11,20,30H,12-16H2,1-4H3,(H,27,28,29). The molecule has 184 valence electrons. The Kier molecular flexibility index (Phi) is 6.50. The highest BCUT2D eigenvalue weighted by Gasteiger charge is 2.37. The molecule has 2 N–H and O–H groups in total. The number of benzene rings is 2. The first kappa shape index (κ1) is 23.0. The van der Waals surface area contributed by atoms with E-state index in [0.29, 0.717) is 12.5 Å². The van der Waals surface area contributed by atoms with Crippen LogP contribution >= 0.6 is 0 Å². The lowest BCUT2D eigenvalue weighted by molar-refractivity contribution is 0.352. The van der Waals surface area contributed by atoms with Crippen molar-refractivity contribution in [3.8, 4) is 17.2 Å². The first-order valence-corrected chi connectivity index (χ1v) is 11.8. The van der Waals surface area contributed by atoms with Gasteiger partial charge in [-0.2, -0.15) is 9.97 Å². The SMILES string of the molecule is COc1ccc(CN2CCC3NN(C)c4nc(NCCc5cccc(OC)c5OC)nc2c43)cc1. The predicted molar refractivity (Wildman–Crippen MR) is 137 cm³/mol. The average Bonchev–Trinajstić information content (AvgIpc) is 3.21. The number of hydrazine groups is 1. The van der Waals surface area contributed by atoms with Gasteiger partial charge in [0.25, 0.3) is 0 Å². The number of ether oxygens (including phenoxy) is 3. The first-order chi connectivity index (χ1) is 17.1. The van der Waals surface area contributed by atoms with Crippen LogP contribution in [0.3, 0.4) is 0 Å². The summed E-state index contributed by atoms with van der Waals surface area (Å²) in [7, 11) is 7.02. The van der Waals surface area contributed by atoms with Gasteiger partial charge < -0.3 is 24.4 Å². The van der Waals surface area contributed by atoms with Gasteiger partial charge in [-0.1, -0.05) is 24.3 Å². The molecule has 3 aromatic rings. The maximum atomic E-state index is 5.57. The monoisotopic (exact) mass is 476 g/mol. The largest absolute Gasteiger partial charge is 0.497 e. The Hall–Kier alpha value is -3.72. The zero-order chi connectivity index (χ0) is 24.4. The predicted octanol–water partition coefficient (Wildman–Crippen LogP) is 3.56. The highest BCUT2D eigenvalue weighted by atomic mass is 16.5. The van der Waals surface area contributed by atoms with Crippen LogP contribution in [0.5, 0.6) is 17.2 Å². The molecule has 9 nitrogen and oxygen atoms in total. The molecular formula is C26H32N6O3. The topological polar surface area (TPSA) is 84.0 Å². The first-order valence-electron chi connectivity index (χ1n) is 11.8. The van der Waals surface area contributed by atoms with Crippen LogP contribution in [0.4, 0.5) is 17.6 Å². The van der Waals surface area contributed by atoms with Crippen molar-refractivity contribution in [2.45, 2.75) is 25.4 Å². The number of anilines is 3. The number of para-hydroxylation sites is 1. The second-order valence-corrected chi connectivity index (χ2v) is 8.74. The third-order valence-corrected chi connectivity index (χ3v) is 6.60. The summed E-state index contributed by atoms with van der Waals surface area (Å²) in [4.78, 5) is 12.2. The van der Waals surface area contributed by atoms with Gasteiger partial charge in [0.15, 0.2) is 17.3 Å². The second-order valence-electron chi connectivity index (χ2n) is 8.74. The van der Waals surface area contributed by atoms with E-state index < -0.39 is 0 Å². The lowest BCUT2D eigenvalue weighted by Gasteiger charge is -2.32. The maximum Gasteiger partial charge on any atom is 0.226 e. The fourth-order valence-corrected chi connectivity index (χ4v) is 4.86. The maximum absolute atomic E-state index is 5.57. The summed E-state index contributed by atoms with van der Waals surface area (Å²) in [6.45, 7) is 2.37. The minimum Gasteiger partial charge on any atom is -0.497 e. The molecule has 0 spiro atoms. The Bertz CT molecular complexity index is 1190. The van der Waals surface area contributed by atoms with Crippen molar-refractivity contribution in [1.82, 2.24) is 15.4 Å². The van der Waals surface area contributed by atoms with Crippen molar-refractivity contribution in [2.24, 2.45) is 0 Å². The molecule has 2 aliphatic rings. The lowest BCUT2D eigenvalue weighted by atomic mass is 10.0. The quantitative estimate of drug-likeness (QED) is 0.482. The number of methoxy groups -OCH3 is 3. The molecule has 0 radical (unpaired) electrons. The van der Waals surface area contributed by atoms with Crippen molar-refractivity contribution in [3.05, 3.63) is 59.2 Å². The highest BCUT2D eigenvalue weighted by molar-refractivity contribution is 5.68. The summed E-state index contributed by atoms with van der Waals surface area (Å²) in [5.74, 6) is 4.90. The Morgan fingerprint density at radius 3 is 2.54 bits per heavy atom. The van der Waals surface area contributed by atoms with Crippen molar-refractivity contribution >= 4 is 17.6 Å². The minimum absolute atomic E-state index is 0.243. The van der Waals surface area contributed by atoms with Gasteiger partial charge in [0.1, 0.15) is 11.6 Å². The Labute approximate surface area is 206 Å². The van der Waals surface area contributed by atoms with Gasteiger partial charge in [-0.3, -0.25) is 5.01 Å². The van der Waals surface area contributed by atoms with Crippen LogP contribution in [0.1, 0.15) is 29.2 Å². The summed E-state index contributed by atoms with van der Waals surface area (Å²) < 4.78 is 16.3. The summed E-state index contributed by atoms with van der Waals surface area (Å²) in [5.41, 5.74) is 6.99. The van der Waals surface area contributed by atoms with Gasteiger partial charge in [0, 0.05) is 26.7 Å². The number of hydrogen-bond acceptors (Lipinski definition) is 9. The molecule has 35 heavy (non-hydrogen) atoms. The van der Waals surface area contributed by atoms with E-state index >= 15 is 0 Å². The summed E-state index contributed by atoms with van der Waals surface area (Å²) in [5, 5.41) is 5.44. The number of nitrogens with one attached hydrogen (secondary N) is 2. The van der Waals surface area contributed by atoms with E-state index in [4.69, 9.17) is 24.2 Å². The fraction of sp³-hybridized carbons (Fsp3) is 0.385. The molecule has 3 heterocycles. The zero-order valence-corrected chi connectivity index (χ0v) is 20.7. The Morgan fingerprint density at radius 2 is 1.80 bits per heavy atom. The molecule has 1 atom stereocenters. The van der Waals surface area contributed by atoms with Crippen LogP contribution in [-0.4, -0.2) is 51.4 Å². The second kappa shape index (κ2) is 9.87. The van der Waals surface area contributed by atoms with E-state index in [2.05, 4.69) is 33.8 Å². The molecule has 2 aromatic carbocycles. The van der Waals surface area contributed by atoms with Crippen LogP contribution in [0.15, 0.2) is 42.5 Å². The Balaban J connectivity index is 1.37. The van der Waals surface area contributed by atoms with Crippen molar-refractivity contribution in [2.75, 3.05) is 56.7 Å². The molecule has 9 heteroatoms. The third kappa shape index (κ3) is 4.51. The third-order valence-electron chi connectivity index (χ3n) is 6.60. The van der Waals surface area contributed by atoms with Gasteiger partial charge in [0.2, 0.25) is 5.95 Å². The van der Waals surface area contributed by atoms with Crippen LogP contribution in [0, 0.1) is 0 Å². The van der Waals surface area contributed by atoms with E-state index in [0.717, 1.165) is 60.4 Å². The molecule has 0 bridgehead atoms. The fourth-order valence-electron chi connectivity index (χ4n) is 4.86. The number of nitrogens with zero attached hydrogens (tertiary/aromatic N) is 4. The molecule has 5 rings (SSSR count). The van der Waals surface area contributed by atoms with Gasteiger partial charge in [-0.05, 0) is 42.2 Å². The van der Waals surface area contributed by atoms with Crippen molar-refractivity contribution in [1.29, 1.82) is 0 Å². The molecule has 1 aromatic heterocycles. The lowest BCUT2D eigenvalue weighted by Crippen LogP contribution is -2.36.